The van der Waals surface area contributed by atoms with Gasteiger partial charge in [-0.3, -0.25) is 4.90 Å². The van der Waals surface area contributed by atoms with Gasteiger partial charge in [-0.15, -0.1) is 0 Å². The molecule has 2 N–H and O–H groups in total. The summed E-state index contributed by atoms with van der Waals surface area (Å²) in [5.41, 5.74) is 6.24. The molecule has 3 nitrogen and oxygen atoms in total. The number of benzene rings is 1. The number of nitrogens with two attached hydrogens (primary N) is 1. The van der Waals surface area contributed by atoms with Crippen LogP contribution in [0.3, 0.4) is 0 Å². The van der Waals surface area contributed by atoms with E-state index in [2.05, 4.69) is 4.90 Å². The van der Waals surface area contributed by atoms with E-state index in [1.807, 2.05) is 30.3 Å². The van der Waals surface area contributed by atoms with Crippen molar-refractivity contribution in [2.24, 2.45) is 17.6 Å². The van der Waals surface area contributed by atoms with Gasteiger partial charge in [-0.2, -0.15) is 0 Å². The third-order valence-electron chi connectivity index (χ3n) is 4.65. The number of ether oxygens (including phenoxy) is 1. The summed E-state index contributed by atoms with van der Waals surface area (Å²) in [5, 5.41) is 0. The molecule has 1 aliphatic carbocycles. The molecule has 0 bridgehead atoms. The van der Waals surface area contributed by atoms with Gasteiger partial charge in [0.15, 0.2) is 0 Å². The fourth-order valence-corrected chi connectivity index (χ4v) is 3.60. The molecule has 3 rings (SSSR count). The third-order valence-corrected chi connectivity index (χ3v) is 4.65. The molecule has 104 valence electrons. The first-order chi connectivity index (χ1) is 9.33. The van der Waals surface area contributed by atoms with Gasteiger partial charge in [0.05, 0.1) is 0 Å². The van der Waals surface area contributed by atoms with E-state index in [0.717, 1.165) is 30.7 Å². The highest BCUT2D eigenvalue weighted by Gasteiger charge is 2.38. The molecule has 1 heterocycles. The maximum atomic E-state index is 6.24. The quantitative estimate of drug-likeness (QED) is 0.901. The minimum Gasteiger partial charge on any atom is -0.492 e. The lowest BCUT2D eigenvalue weighted by atomic mass is 9.78. The maximum absolute atomic E-state index is 6.24. The second kappa shape index (κ2) is 5.93. The second-order valence-electron chi connectivity index (χ2n) is 5.94. The van der Waals surface area contributed by atoms with Gasteiger partial charge in [-0.1, -0.05) is 24.6 Å². The Morgan fingerprint density at radius 1 is 1.16 bits per heavy atom. The van der Waals surface area contributed by atoms with Gasteiger partial charge < -0.3 is 10.5 Å². The monoisotopic (exact) mass is 260 g/mol. The normalized spacial score (nSPS) is 31.1. The van der Waals surface area contributed by atoms with E-state index < -0.39 is 0 Å². The fraction of sp³-hybridized carbons (Fsp3) is 0.625. The summed E-state index contributed by atoms with van der Waals surface area (Å²) < 4.78 is 5.78. The highest BCUT2D eigenvalue weighted by atomic mass is 16.5. The molecule has 2 fully saturated rings. The van der Waals surface area contributed by atoms with Gasteiger partial charge >= 0.3 is 0 Å². The van der Waals surface area contributed by atoms with Crippen molar-refractivity contribution in [1.29, 1.82) is 0 Å². The molecule has 0 aromatic heterocycles. The Hall–Kier alpha value is -1.06. The van der Waals surface area contributed by atoms with Gasteiger partial charge in [-0.25, -0.2) is 0 Å². The van der Waals surface area contributed by atoms with Crippen LogP contribution < -0.4 is 10.5 Å². The molecule has 0 amide bonds. The van der Waals surface area contributed by atoms with Gasteiger partial charge in [0, 0.05) is 25.7 Å². The molecule has 1 aliphatic heterocycles. The molecule has 3 heteroatoms. The topological polar surface area (TPSA) is 38.5 Å². The molecule has 2 aliphatic rings. The zero-order valence-electron chi connectivity index (χ0n) is 11.5. The molecule has 0 spiro atoms. The van der Waals surface area contributed by atoms with Crippen molar-refractivity contribution in [2.75, 3.05) is 26.2 Å². The Morgan fingerprint density at radius 2 is 2.00 bits per heavy atom. The van der Waals surface area contributed by atoms with Crippen LogP contribution in [0.25, 0.3) is 0 Å². The maximum Gasteiger partial charge on any atom is 0.119 e. The van der Waals surface area contributed by atoms with E-state index in [4.69, 9.17) is 10.5 Å². The smallest absolute Gasteiger partial charge is 0.119 e. The standard InChI is InChI=1S/C16H24N2O/c17-16-8-4-5-13-11-18(12-15(13)16)9-10-19-14-6-2-1-3-7-14/h1-3,6-7,13,15-16H,4-5,8-12,17H2. The molecule has 19 heavy (non-hydrogen) atoms. The van der Waals surface area contributed by atoms with Gasteiger partial charge in [0.2, 0.25) is 0 Å². The zero-order chi connectivity index (χ0) is 13.1. The molecular formula is C16H24N2O. The zero-order valence-corrected chi connectivity index (χ0v) is 11.5. The molecule has 1 saturated carbocycles. The molecule has 3 atom stereocenters. The van der Waals surface area contributed by atoms with Crippen molar-refractivity contribution in [3.8, 4) is 5.75 Å². The first-order valence-corrected chi connectivity index (χ1v) is 7.49. The average Bonchev–Trinajstić information content (AvgIpc) is 2.84. The molecule has 1 aromatic rings. The summed E-state index contributed by atoms with van der Waals surface area (Å²) in [7, 11) is 0. The average molecular weight is 260 g/mol. The fourth-order valence-electron chi connectivity index (χ4n) is 3.60. The number of hydrogen-bond acceptors (Lipinski definition) is 3. The van der Waals surface area contributed by atoms with Crippen molar-refractivity contribution in [2.45, 2.75) is 25.3 Å². The van der Waals surface area contributed by atoms with E-state index in [-0.39, 0.29) is 0 Å². The number of para-hydroxylation sites is 1. The SMILES string of the molecule is NC1CCCC2CN(CCOc3ccccc3)CC12. The Bertz CT molecular complexity index is 395. The van der Waals surface area contributed by atoms with Crippen molar-refractivity contribution in [3.05, 3.63) is 30.3 Å². The Balaban J connectivity index is 1.44. The lowest BCUT2D eigenvalue weighted by molar-refractivity contribution is 0.229. The van der Waals surface area contributed by atoms with Crippen LogP contribution in [-0.2, 0) is 0 Å². The predicted molar refractivity (Wildman–Crippen MR) is 77.2 cm³/mol. The summed E-state index contributed by atoms with van der Waals surface area (Å²) >= 11 is 0. The molecule has 1 saturated heterocycles. The van der Waals surface area contributed by atoms with Crippen molar-refractivity contribution in [1.82, 2.24) is 4.90 Å². The molecule has 3 unspecified atom stereocenters. The first kappa shape index (κ1) is 12.9. The summed E-state index contributed by atoms with van der Waals surface area (Å²) in [4.78, 5) is 2.53. The van der Waals surface area contributed by atoms with Crippen molar-refractivity contribution in [3.63, 3.8) is 0 Å². The number of likely N-dealkylation sites (tertiary alicyclic amines) is 1. The van der Waals surface area contributed by atoms with Crippen LogP contribution in [-0.4, -0.2) is 37.2 Å². The van der Waals surface area contributed by atoms with E-state index in [0.29, 0.717) is 6.04 Å². The van der Waals surface area contributed by atoms with Crippen LogP contribution in [0.5, 0.6) is 5.75 Å². The van der Waals surface area contributed by atoms with Crippen LogP contribution in [0.2, 0.25) is 0 Å². The Morgan fingerprint density at radius 3 is 2.79 bits per heavy atom. The predicted octanol–water partition coefficient (Wildman–Crippen LogP) is 2.12. The summed E-state index contributed by atoms with van der Waals surface area (Å²) in [6.45, 7) is 4.19. The lowest BCUT2D eigenvalue weighted by Crippen LogP contribution is -2.38. The van der Waals surface area contributed by atoms with E-state index in [1.165, 1.54) is 32.4 Å². The van der Waals surface area contributed by atoms with Crippen LogP contribution in [0.1, 0.15) is 19.3 Å². The highest BCUT2D eigenvalue weighted by molar-refractivity contribution is 5.20. The van der Waals surface area contributed by atoms with Crippen LogP contribution in [0.15, 0.2) is 30.3 Å². The Labute approximate surface area is 115 Å². The minimum absolute atomic E-state index is 0.429. The number of rotatable bonds is 4. The van der Waals surface area contributed by atoms with Crippen molar-refractivity contribution < 1.29 is 4.74 Å². The third kappa shape index (κ3) is 3.10. The summed E-state index contributed by atoms with van der Waals surface area (Å²) in [5.74, 6) is 2.53. The van der Waals surface area contributed by atoms with Gasteiger partial charge in [0.25, 0.3) is 0 Å². The highest BCUT2D eigenvalue weighted by Crippen LogP contribution is 2.35. The number of nitrogens with zero attached hydrogens (tertiary/aromatic N) is 1. The summed E-state index contributed by atoms with van der Waals surface area (Å²) in [6, 6.07) is 10.5. The van der Waals surface area contributed by atoms with E-state index in [9.17, 15) is 0 Å². The second-order valence-corrected chi connectivity index (χ2v) is 5.94. The lowest BCUT2D eigenvalue weighted by Gasteiger charge is -2.29. The minimum atomic E-state index is 0.429. The summed E-state index contributed by atoms with van der Waals surface area (Å²) in [6.07, 6.45) is 3.90. The largest absolute Gasteiger partial charge is 0.492 e. The first-order valence-electron chi connectivity index (χ1n) is 7.49. The molecular weight excluding hydrogens is 236 g/mol. The Kier molecular flexibility index (Phi) is 4.04. The van der Waals surface area contributed by atoms with Gasteiger partial charge in [0.1, 0.15) is 12.4 Å². The number of fused-ring (bicyclic) bond motifs is 1. The van der Waals surface area contributed by atoms with Crippen molar-refractivity contribution >= 4 is 0 Å². The molecule has 0 radical (unpaired) electrons. The van der Waals surface area contributed by atoms with Crippen LogP contribution in [0.4, 0.5) is 0 Å². The van der Waals surface area contributed by atoms with E-state index >= 15 is 0 Å². The van der Waals surface area contributed by atoms with Crippen LogP contribution >= 0.6 is 0 Å². The van der Waals surface area contributed by atoms with Crippen LogP contribution in [0, 0.1) is 11.8 Å². The van der Waals surface area contributed by atoms with E-state index in [1.54, 1.807) is 0 Å². The van der Waals surface area contributed by atoms with Gasteiger partial charge in [-0.05, 0) is 36.8 Å². The number of hydrogen-bond donors (Lipinski definition) is 1. The molecule has 1 aromatic carbocycles.